The number of hydrogen-bond acceptors (Lipinski definition) is 5. The van der Waals surface area contributed by atoms with Crippen LogP contribution in [0.5, 0.6) is 0 Å². The number of hydrogen-bond donors (Lipinski definition) is 1. The third-order valence-corrected chi connectivity index (χ3v) is 9.47. The fourth-order valence-corrected chi connectivity index (χ4v) is 6.82. The second kappa shape index (κ2) is 8.79. The van der Waals surface area contributed by atoms with Crippen LogP contribution in [0.25, 0.3) is 0 Å². The summed E-state index contributed by atoms with van der Waals surface area (Å²) in [6.45, 7) is 4.72. The second-order valence-corrected chi connectivity index (χ2v) is 11.3. The SMILES string of the molecule is COC(=O)C12CCC(CCN3CCc4c(nc(C(=O)Nc5cccc(Br)c5C)n4C)C3)(CC1)C2. The molecule has 1 aromatic heterocycles. The standard InChI is InChI=1S/C26H33BrN4O3/c1-17-18(27)5-4-6-19(17)29-23(32)22-28-20-15-31(13-7-21(20)30(22)2)14-12-25-8-10-26(16-25,11-9-25)24(33)34-3/h4-6H,7-16H2,1-3H3,(H,29,32). The zero-order valence-electron chi connectivity index (χ0n) is 20.2. The molecule has 2 bridgehead atoms. The molecule has 2 aliphatic carbocycles. The molecule has 34 heavy (non-hydrogen) atoms. The lowest BCUT2D eigenvalue weighted by molar-refractivity contribution is -0.152. The Morgan fingerprint density at radius 2 is 2.00 bits per heavy atom. The number of benzene rings is 1. The van der Waals surface area contributed by atoms with Crippen molar-refractivity contribution < 1.29 is 14.3 Å². The lowest BCUT2D eigenvalue weighted by atomic mass is 9.80. The van der Waals surface area contributed by atoms with Crippen LogP contribution in [0.4, 0.5) is 5.69 Å². The molecule has 2 heterocycles. The number of methoxy groups -OCH3 is 1. The van der Waals surface area contributed by atoms with Crippen molar-refractivity contribution in [2.45, 2.75) is 58.4 Å². The maximum absolute atomic E-state index is 13.0. The molecular weight excluding hydrogens is 496 g/mol. The Bertz CT molecular complexity index is 1130. The van der Waals surface area contributed by atoms with Gasteiger partial charge >= 0.3 is 5.97 Å². The predicted octanol–water partition coefficient (Wildman–Crippen LogP) is 4.62. The van der Waals surface area contributed by atoms with E-state index in [4.69, 9.17) is 9.72 Å². The van der Waals surface area contributed by atoms with Crippen molar-refractivity contribution in [2.24, 2.45) is 17.9 Å². The number of nitrogens with zero attached hydrogens (tertiary/aromatic N) is 3. The maximum Gasteiger partial charge on any atom is 0.311 e. The summed E-state index contributed by atoms with van der Waals surface area (Å²) in [6.07, 6.45) is 7.19. The van der Waals surface area contributed by atoms with Crippen molar-refractivity contribution in [3.05, 3.63) is 45.4 Å². The molecule has 5 rings (SSSR count). The van der Waals surface area contributed by atoms with E-state index in [9.17, 15) is 9.59 Å². The van der Waals surface area contributed by atoms with Crippen LogP contribution in [0.1, 0.15) is 66.1 Å². The summed E-state index contributed by atoms with van der Waals surface area (Å²) in [6, 6.07) is 5.78. The Hall–Kier alpha value is -2.19. The van der Waals surface area contributed by atoms with Gasteiger partial charge in [-0.25, -0.2) is 4.98 Å². The van der Waals surface area contributed by atoms with Crippen molar-refractivity contribution in [2.75, 3.05) is 25.5 Å². The molecule has 2 aromatic rings. The van der Waals surface area contributed by atoms with Gasteiger partial charge in [0.05, 0.1) is 18.2 Å². The number of anilines is 1. The second-order valence-electron chi connectivity index (χ2n) is 10.5. The number of carbonyl (C=O) groups is 2. The summed E-state index contributed by atoms with van der Waals surface area (Å²) in [7, 11) is 3.45. The summed E-state index contributed by atoms with van der Waals surface area (Å²) in [5.74, 6) is 0.269. The van der Waals surface area contributed by atoms with E-state index in [1.807, 2.05) is 36.7 Å². The molecule has 1 aromatic carbocycles. The molecular formula is C26H33BrN4O3. The third-order valence-electron chi connectivity index (χ3n) is 8.61. The number of ether oxygens (including phenoxy) is 1. The smallest absolute Gasteiger partial charge is 0.311 e. The fraction of sp³-hybridized carbons (Fsp3) is 0.577. The van der Waals surface area contributed by atoms with Gasteiger partial charge < -0.3 is 14.6 Å². The number of rotatable bonds is 6. The summed E-state index contributed by atoms with van der Waals surface area (Å²) >= 11 is 3.52. The van der Waals surface area contributed by atoms with Gasteiger partial charge in [0.15, 0.2) is 5.82 Å². The van der Waals surface area contributed by atoms with Gasteiger partial charge in [-0.05, 0) is 75.1 Å². The van der Waals surface area contributed by atoms with Crippen LogP contribution >= 0.6 is 15.9 Å². The number of halogens is 1. The van der Waals surface area contributed by atoms with E-state index in [2.05, 4.69) is 26.1 Å². The van der Waals surface area contributed by atoms with Crippen LogP contribution in [-0.4, -0.2) is 46.5 Å². The van der Waals surface area contributed by atoms with Gasteiger partial charge in [-0.3, -0.25) is 14.5 Å². The predicted molar refractivity (Wildman–Crippen MR) is 134 cm³/mol. The van der Waals surface area contributed by atoms with Gasteiger partial charge in [0.1, 0.15) is 0 Å². The van der Waals surface area contributed by atoms with E-state index in [1.165, 1.54) is 7.11 Å². The number of carbonyl (C=O) groups excluding carboxylic acids is 2. The third kappa shape index (κ3) is 3.98. The number of imidazole rings is 1. The highest BCUT2D eigenvalue weighted by atomic mass is 79.9. The molecule has 0 saturated heterocycles. The molecule has 0 spiro atoms. The zero-order chi connectivity index (χ0) is 24.1. The molecule has 3 aliphatic rings. The highest BCUT2D eigenvalue weighted by Crippen LogP contribution is 2.63. The van der Waals surface area contributed by atoms with E-state index < -0.39 is 0 Å². The highest BCUT2D eigenvalue weighted by molar-refractivity contribution is 9.10. The van der Waals surface area contributed by atoms with Gasteiger partial charge in [0.25, 0.3) is 5.91 Å². The van der Waals surface area contributed by atoms with Crippen molar-refractivity contribution in [3.63, 3.8) is 0 Å². The Kier molecular flexibility index (Phi) is 6.09. The van der Waals surface area contributed by atoms with Crippen LogP contribution in [0.15, 0.2) is 22.7 Å². The molecule has 7 nitrogen and oxygen atoms in total. The van der Waals surface area contributed by atoms with Crippen LogP contribution in [0.2, 0.25) is 0 Å². The van der Waals surface area contributed by atoms with Gasteiger partial charge in [-0.2, -0.15) is 0 Å². The first-order valence-corrected chi connectivity index (χ1v) is 13.0. The van der Waals surface area contributed by atoms with Crippen molar-refractivity contribution in [1.82, 2.24) is 14.5 Å². The molecule has 0 radical (unpaired) electrons. The normalized spacial score (nSPS) is 25.9. The van der Waals surface area contributed by atoms with Crippen molar-refractivity contribution >= 4 is 33.5 Å². The van der Waals surface area contributed by atoms with Crippen LogP contribution in [0, 0.1) is 17.8 Å². The van der Waals surface area contributed by atoms with Crippen LogP contribution < -0.4 is 5.32 Å². The monoisotopic (exact) mass is 528 g/mol. The summed E-state index contributed by atoms with van der Waals surface area (Å²) in [5, 5.41) is 3.02. The summed E-state index contributed by atoms with van der Waals surface area (Å²) < 4.78 is 8.04. The minimum atomic E-state index is -0.222. The number of amides is 1. The molecule has 1 N–H and O–H groups in total. The number of esters is 1. The molecule has 182 valence electrons. The average Bonchev–Trinajstić information content (AvgIpc) is 3.51. The Morgan fingerprint density at radius 3 is 2.74 bits per heavy atom. The van der Waals surface area contributed by atoms with Gasteiger partial charge in [0.2, 0.25) is 0 Å². The minimum absolute atomic E-state index is 0.00756. The van der Waals surface area contributed by atoms with E-state index in [1.54, 1.807) is 0 Å². The quantitative estimate of drug-likeness (QED) is 0.553. The Morgan fingerprint density at radius 1 is 1.24 bits per heavy atom. The molecule has 2 fully saturated rings. The van der Waals surface area contributed by atoms with Gasteiger partial charge in [-0.1, -0.05) is 22.0 Å². The first-order chi connectivity index (χ1) is 16.3. The maximum atomic E-state index is 13.0. The Balaban J connectivity index is 1.23. The minimum Gasteiger partial charge on any atom is -0.469 e. The molecule has 0 atom stereocenters. The molecule has 0 unspecified atom stereocenters. The largest absolute Gasteiger partial charge is 0.469 e. The van der Waals surface area contributed by atoms with Crippen LogP contribution in [0.3, 0.4) is 0 Å². The van der Waals surface area contributed by atoms with Crippen LogP contribution in [-0.2, 0) is 29.5 Å². The Labute approximate surface area is 209 Å². The lowest BCUT2D eigenvalue weighted by Gasteiger charge is -2.32. The average molecular weight is 529 g/mol. The first-order valence-electron chi connectivity index (χ1n) is 12.2. The lowest BCUT2D eigenvalue weighted by Crippen LogP contribution is -2.34. The number of fused-ring (bicyclic) bond motifs is 3. The molecule has 1 aliphatic heterocycles. The van der Waals surface area contributed by atoms with Crippen molar-refractivity contribution in [1.29, 1.82) is 0 Å². The topological polar surface area (TPSA) is 76.5 Å². The molecule has 8 heteroatoms. The molecule has 2 saturated carbocycles. The zero-order valence-corrected chi connectivity index (χ0v) is 21.8. The highest BCUT2D eigenvalue weighted by Gasteiger charge is 2.58. The number of aromatic nitrogens is 2. The number of nitrogens with one attached hydrogen (secondary N) is 1. The first kappa shape index (κ1) is 23.5. The van der Waals surface area contributed by atoms with Gasteiger partial charge in [-0.15, -0.1) is 0 Å². The summed E-state index contributed by atoms with van der Waals surface area (Å²) in [5.41, 5.74) is 4.00. The van der Waals surface area contributed by atoms with E-state index in [0.717, 1.165) is 91.7 Å². The van der Waals surface area contributed by atoms with Crippen molar-refractivity contribution in [3.8, 4) is 0 Å². The summed E-state index contributed by atoms with van der Waals surface area (Å²) in [4.78, 5) is 32.6. The van der Waals surface area contributed by atoms with E-state index in [-0.39, 0.29) is 22.7 Å². The molecule has 1 amide bonds. The van der Waals surface area contributed by atoms with E-state index in [0.29, 0.717) is 5.82 Å². The van der Waals surface area contributed by atoms with E-state index >= 15 is 0 Å². The fourth-order valence-electron chi connectivity index (χ4n) is 6.45. The van der Waals surface area contributed by atoms with Gasteiger partial charge in [0, 0.05) is 42.4 Å².